The van der Waals surface area contributed by atoms with Crippen LogP contribution in [0.1, 0.15) is 29.8 Å². The summed E-state index contributed by atoms with van der Waals surface area (Å²) in [4.78, 5) is 30.6. The second-order valence-corrected chi connectivity index (χ2v) is 8.24. The molecular weight excluding hydrogens is 484 g/mol. The number of carboxylic acids is 1. The van der Waals surface area contributed by atoms with Gasteiger partial charge in [0.1, 0.15) is 0 Å². The van der Waals surface area contributed by atoms with E-state index >= 15 is 0 Å². The van der Waals surface area contributed by atoms with Crippen LogP contribution < -0.4 is 9.47 Å². The van der Waals surface area contributed by atoms with E-state index in [9.17, 15) is 9.59 Å². The van der Waals surface area contributed by atoms with Crippen LogP contribution in [0.15, 0.2) is 50.8 Å². The van der Waals surface area contributed by atoms with E-state index in [2.05, 4.69) is 20.9 Å². The van der Waals surface area contributed by atoms with Crippen LogP contribution in [0.5, 0.6) is 11.5 Å². The summed E-state index contributed by atoms with van der Waals surface area (Å²) in [6.45, 7) is 4.71. The zero-order chi connectivity index (χ0) is 22.5. The summed E-state index contributed by atoms with van der Waals surface area (Å²) in [7, 11) is 1.57. The summed E-state index contributed by atoms with van der Waals surface area (Å²) in [6, 6.07) is 9.89. The molecule has 7 nitrogen and oxygen atoms in total. The van der Waals surface area contributed by atoms with Gasteiger partial charge in [-0.3, -0.25) is 9.69 Å². The minimum Gasteiger partial charge on any atom is -0.492 e. The van der Waals surface area contributed by atoms with Crippen LogP contribution in [-0.4, -0.2) is 47.3 Å². The number of aliphatic imine (C=N–C) groups is 1. The average Bonchev–Trinajstić information content (AvgIpc) is 3.02. The van der Waals surface area contributed by atoms with Gasteiger partial charge in [-0.25, -0.2) is 9.79 Å². The lowest BCUT2D eigenvalue weighted by atomic mass is 10.2. The number of likely N-dealkylation sites (N-methyl/N-ethyl adjacent to an activating group) is 1. The number of aromatic carboxylic acids is 1. The van der Waals surface area contributed by atoms with Gasteiger partial charge in [-0.05, 0) is 89.6 Å². The Balaban J connectivity index is 1.94. The molecule has 1 aliphatic rings. The van der Waals surface area contributed by atoms with Gasteiger partial charge in [0.2, 0.25) is 0 Å². The predicted molar refractivity (Wildman–Crippen MR) is 125 cm³/mol. The van der Waals surface area contributed by atoms with Crippen molar-refractivity contribution < 1.29 is 24.2 Å². The number of nitrogens with zero attached hydrogens (tertiary/aromatic N) is 2. The summed E-state index contributed by atoms with van der Waals surface area (Å²) in [6.07, 6.45) is 1.79. The minimum absolute atomic E-state index is 0.140. The van der Waals surface area contributed by atoms with Gasteiger partial charge in [0.15, 0.2) is 16.7 Å². The number of ether oxygens (including phenoxy) is 2. The maximum atomic E-state index is 12.9. The van der Waals surface area contributed by atoms with Crippen molar-refractivity contribution in [3.05, 3.63) is 56.9 Å². The number of amidine groups is 1. The Hall–Kier alpha value is -2.78. The molecule has 0 bridgehead atoms. The second kappa shape index (κ2) is 10.0. The molecule has 2 aromatic carbocycles. The van der Waals surface area contributed by atoms with E-state index in [-0.39, 0.29) is 11.5 Å². The van der Waals surface area contributed by atoms with Crippen LogP contribution in [0, 0.1) is 0 Å². The molecule has 1 heterocycles. The van der Waals surface area contributed by atoms with Crippen LogP contribution in [0.3, 0.4) is 0 Å². The average molecular weight is 505 g/mol. The molecule has 31 heavy (non-hydrogen) atoms. The highest BCUT2D eigenvalue weighted by Crippen LogP contribution is 2.39. The Morgan fingerprint density at radius 1 is 1.26 bits per heavy atom. The number of thioether (sulfide) groups is 1. The molecule has 1 fully saturated rings. The van der Waals surface area contributed by atoms with Crippen molar-refractivity contribution in [2.75, 3.05) is 20.3 Å². The van der Waals surface area contributed by atoms with Gasteiger partial charge in [0, 0.05) is 6.54 Å². The van der Waals surface area contributed by atoms with Crippen molar-refractivity contribution in [2.24, 2.45) is 4.99 Å². The van der Waals surface area contributed by atoms with Crippen molar-refractivity contribution in [3.63, 3.8) is 0 Å². The summed E-state index contributed by atoms with van der Waals surface area (Å²) in [5.74, 6) is 0.0403. The van der Waals surface area contributed by atoms with Crippen molar-refractivity contribution in [1.29, 1.82) is 0 Å². The Kier molecular flexibility index (Phi) is 7.40. The molecule has 1 aliphatic heterocycles. The topological polar surface area (TPSA) is 88.4 Å². The number of halogens is 1. The quantitative estimate of drug-likeness (QED) is 0.522. The largest absolute Gasteiger partial charge is 0.492 e. The highest BCUT2D eigenvalue weighted by atomic mass is 79.9. The Labute approximate surface area is 192 Å². The third-order valence-electron chi connectivity index (χ3n) is 4.38. The Morgan fingerprint density at radius 2 is 1.97 bits per heavy atom. The predicted octanol–water partition coefficient (Wildman–Crippen LogP) is 5.18. The number of carboxylic acid groups (broad SMARTS) is 1. The fraction of sp³-hybridized carbons (Fsp3) is 0.227. The number of hydrogen-bond donors (Lipinski definition) is 1. The fourth-order valence-electron chi connectivity index (χ4n) is 2.94. The molecule has 2 aromatic rings. The number of carbonyl (C=O) groups is 2. The molecule has 162 valence electrons. The molecule has 0 radical (unpaired) electrons. The molecule has 0 unspecified atom stereocenters. The first-order valence-corrected chi connectivity index (χ1v) is 11.1. The number of benzene rings is 2. The van der Waals surface area contributed by atoms with Crippen LogP contribution in [0.2, 0.25) is 0 Å². The first kappa shape index (κ1) is 22.9. The van der Waals surface area contributed by atoms with Gasteiger partial charge in [0.05, 0.1) is 34.3 Å². The van der Waals surface area contributed by atoms with Crippen molar-refractivity contribution >= 4 is 56.5 Å². The van der Waals surface area contributed by atoms with Crippen LogP contribution in [-0.2, 0) is 4.79 Å². The first-order chi connectivity index (χ1) is 14.9. The van der Waals surface area contributed by atoms with Crippen LogP contribution in [0.4, 0.5) is 5.69 Å². The van der Waals surface area contributed by atoms with Gasteiger partial charge < -0.3 is 14.6 Å². The number of methoxy groups -OCH3 is 1. The summed E-state index contributed by atoms with van der Waals surface area (Å²) < 4.78 is 11.8. The molecular formula is C22H21BrN2O5S. The van der Waals surface area contributed by atoms with Gasteiger partial charge in [0.25, 0.3) is 5.91 Å². The Bertz CT molecular complexity index is 1070. The third kappa shape index (κ3) is 5.11. The van der Waals surface area contributed by atoms with Gasteiger partial charge in [-0.15, -0.1) is 0 Å². The number of hydrogen-bond acceptors (Lipinski definition) is 6. The maximum Gasteiger partial charge on any atom is 0.335 e. The van der Waals surface area contributed by atoms with Gasteiger partial charge >= 0.3 is 5.97 Å². The second-order valence-electron chi connectivity index (χ2n) is 6.37. The first-order valence-electron chi connectivity index (χ1n) is 9.51. The van der Waals surface area contributed by atoms with Crippen LogP contribution in [0.25, 0.3) is 6.08 Å². The van der Waals surface area contributed by atoms with E-state index in [0.717, 1.165) is 10.0 Å². The molecule has 0 saturated carbocycles. The fourth-order valence-corrected chi connectivity index (χ4v) is 4.63. The number of carbonyl (C=O) groups excluding carboxylic acids is 1. The van der Waals surface area contributed by atoms with Gasteiger partial charge in [-0.1, -0.05) is 0 Å². The molecule has 9 heteroatoms. The van der Waals surface area contributed by atoms with Crippen molar-refractivity contribution in [2.45, 2.75) is 13.8 Å². The SMILES string of the molecule is CCOc1cc(C=C2SC(=Nc3ccc(C(=O)O)cc3)N(CC)C2=O)cc(Br)c1OC. The van der Waals surface area contributed by atoms with E-state index in [1.165, 1.54) is 23.9 Å². The van der Waals surface area contributed by atoms with E-state index in [0.29, 0.717) is 40.4 Å². The molecule has 0 aromatic heterocycles. The zero-order valence-electron chi connectivity index (χ0n) is 17.2. The Morgan fingerprint density at radius 3 is 2.55 bits per heavy atom. The molecule has 0 atom stereocenters. The summed E-state index contributed by atoms with van der Waals surface area (Å²) in [5.41, 5.74) is 1.54. The standard InChI is InChI=1S/C22H21BrN2O5S/c1-4-25-20(26)18(12-13-10-16(23)19(29-3)17(11-13)30-5-2)31-22(25)24-15-8-6-14(7-9-15)21(27)28/h6-12H,4-5H2,1-3H3,(H,27,28). The maximum absolute atomic E-state index is 12.9. The highest BCUT2D eigenvalue weighted by Gasteiger charge is 2.32. The summed E-state index contributed by atoms with van der Waals surface area (Å²) in [5, 5.41) is 9.58. The van der Waals surface area contributed by atoms with Crippen LogP contribution >= 0.6 is 27.7 Å². The van der Waals surface area contributed by atoms with Crippen molar-refractivity contribution in [1.82, 2.24) is 4.90 Å². The van der Waals surface area contributed by atoms with E-state index in [1.54, 1.807) is 30.2 Å². The molecule has 0 spiro atoms. The van der Waals surface area contributed by atoms with E-state index < -0.39 is 5.97 Å². The molecule has 1 N–H and O–H groups in total. The smallest absolute Gasteiger partial charge is 0.335 e. The monoisotopic (exact) mass is 504 g/mol. The van der Waals surface area contributed by atoms with Crippen molar-refractivity contribution in [3.8, 4) is 11.5 Å². The lowest BCUT2D eigenvalue weighted by molar-refractivity contribution is -0.122. The number of rotatable bonds is 7. The summed E-state index contributed by atoms with van der Waals surface area (Å²) >= 11 is 4.76. The molecule has 0 aliphatic carbocycles. The van der Waals surface area contributed by atoms with E-state index in [1.807, 2.05) is 26.0 Å². The zero-order valence-corrected chi connectivity index (χ0v) is 19.6. The lowest BCUT2D eigenvalue weighted by Crippen LogP contribution is -2.28. The minimum atomic E-state index is -0.998. The third-order valence-corrected chi connectivity index (χ3v) is 5.97. The number of amides is 1. The highest BCUT2D eigenvalue weighted by molar-refractivity contribution is 9.10. The lowest BCUT2D eigenvalue weighted by Gasteiger charge is -2.12. The molecule has 3 rings (SSSR count). The molecule has 1 saturated heterocycles. The normalized spacial score (nSPS) is 16.3. The molecule has 1 amide bonds. The van der Waals surface area contributed by atoms with Gasteiger partial charge in [-0.2, -0.15) is 0 Å². The van der Waals surface area contributed by atoms with E-state index in [4.69, 9.17) is 14.6 Å².